The first-order chi connectivity index (χ1) is 14.0. The number of carbonyl (C=O) groups excluding carboxylic acids is 1. The molecular weight excluding hydrogens is 440 g/mol. The highest BCUT2D eigenvalue weighted by molar-refractivity contribution is 7.85. The number of rotatable bonds is 14. The third kappa shape index (κ3) is 9.90. The maximum atomic E-state index is 12.3. The van der Waals surface area contributed by atoms with Gasteiger partial charge < -0.3 is 20.4 Å². The van der Waals surface area contributed by atoms with E-state index in [9.17, 15) is 27.9 Å². The Kier molecular flexibility index (Phi) is 10.6. The number of halogens is 1. The van der Waals surface area contributed by atoms with Gasteiger partial charge in [0.2, 0.25) is 0 Å². The quantitative estimate of drug-likeness (QED) is 0.272. The summed E-state index contributed by atoms with van der Waals surface area (Å²) in [4.78, 5) is 36.0. The van der Waals surface area contributed by atoms with Crippen LogP contribution in [0.2, 0.25) is 0 Å². The lowest BCUT2D eigenvalue weighted by Gasteiger charge is -2.24. The molecule has 0 aliphatic rings. The van der Waals surface area contributed by atoms with Crippen molar-refractivity contribution in [3.63, 3.8) is 0 Å². The van der Waals surface area contributed by atoms with Crippen molar-refractivity contribution in [1.29, 1.82) is 0 Å². The van der Waals surface area contributed by atoms with E-state index < -0.39 is 34.0 Å². The maximum absolute atomic E-state index is 12.3. The highest BCUT2D eigenvalue weighted by atomic mass is 35.5. The highest BCUT2D eigenvalue weighted by Crippen LogP contribution is 2.16. The summed E-state index contributed by atoms with van der Waals surface area (Å²) in [5.41, 5.74) is 0.905. The van der Waals surface area contributed by atoms with E-state index in [2.05, 4.69) is 5.32 Å². The zero-order valence-electron chi connectivity index (χ0n) is 16.4. The van der Waals surface area contributed by atoms with Crippen molar-refractivity contribution in [1.82, 2.24) is 5.32 Å². The summed E-state index contributed by atoms with van der Waals surface area (Å²) in [6.07, 6.45) is 0.885. The van der Waals surface area contributed by atoms with Crippen molar-refractivity contribution in [2.45, 2.75) is 25.3 Å². The van der Waals surface area contributed by atoms with Gasteiger partial charge in [0.15, 0.2) is 0 Å². The first-order valence-corrected chi connectivity index (χ1v) is 11.4. The van der Waals surface area contributed by atoms with Crippen LogP contribution < -0.4 is 10.2 Å². The number of alkyl halides is 1. The zero-order valence-corrected chi connectivity index (χ0v) is 18.0. The number of benzene rings is 1. The van der Waals surface area contributed by atoms with Crippen LogP contribution in [0, 0.1) is 0 Å². The highest BCUT2D eigenvalue weighted by Gasteiger charge is 2.21. The van der Waals surface area contributed by atoms with Gasteiger partial charge in [-0.3, -0.25) is 13.8 Å². The normalized spacial score (nSPS) is 12.2. The molecule has 0 aliphatic carbocycles. The van der Waals surface area contributed by atoms with Gasteiger partial charge in [0.25, 0.3) is 16.0 Å². The van der Waals surface area contributed by atoms with Crippen LogP contribution in [-0.4, -0.2) is 74.4 Å². The number of amides is 1. The zero-order chi connectivity index (χ0) is 22.7. The molecule has 0 aromatic heterocycles. The molecule has 0 aliphatic heterocycles. The summed E-state index contributed by atoms with van der Waals surface area (Å²) >= 11 is 5.79. The van der Waals surface area contributed by atoms with E-state index in [1.54, 1.807) is 17.0 Å². The molecule has 1 atom stereocenters. The number of hydrogen-bond donors (Lipinski definition) is 3. The number of carbonyl (C=O) groups is 3. The second kappa shape index (κ2) is 12.4. The molecule has 168 valence electrons. The van der Waals surface area contributed by atoms with Crippen molar-refractivity contribution < 1.29 is 37.2 Å². The lowest BCUT2D eigenvalue weighted by atomic mass is 10.1. The molecule has 0 heterocycles. The molecule has 0 saturated carbocycles. The van der Waals surface area contributed by atoms with E-state index in [0.717, 1.165) is 6.26 Å². The first-order valence-electron chi connectivity index (χ1n) is 9.04. The minimum atomic E-state index is -3.56. The van der Waals surface area contributed by atoms with E-state index in [-0.39, 0.29) is 43.9 Å². The topological polar surface area (TPSA) is 150 Å². The molecule has 1 rings (SSSR count). The molecule has 1 aromatic rings. The Labute approximate surface area is 179 Å². The van der Waals surface area contributed by atoms with Crippen LogP contribution in [0.3, 0.4) is 0 Å². The molecule has 0 unspecified atom stereocenters. The summed E-state index contributed by atoms with van der Waals surface area (Å²) in [6, 6.07) is 5.06. The Morgan fingerprint density at radius 1 is 1.17 bits per heavy atom. The molecule has 1 amide bonds. The van der Waals surface area contributed by atoms with Gasteiger partial charge in [-0.2, -0.15) is 8.42 Å². The number of carboxylic acid groups (broad SMARTS) is 2. The number of aliphatic carboxylic acids is 2. The van der Waals surface area contributed by atoms with Gasteiger partial charge in [-0.05, 0) is 37.1 Å². The van der Waals surface area contributed by atoms with Gasteiger partial charge in [0.05, 0.1) is 12.9 Å². The maximum Gasteiger partial charge on any atom is 0.326 e. The van der Waals surface area contributed by atoms with Gasteiger partial charge in [-0.15, -0.1) is 11.6 Å². The van der Waals surface area contributed by atoms with Crippen LogP contribution in [0.15, 0.2) is 24.3 Å². The molecule has 12 heteroatoms. The molecule has 10 nitrogen and oxygen atoms in total. The predicted octanol–water partition coefficient (Wildman–Crippen LogP) is 1.15. The van der Waals surface area contributed by atoms with Crippen molar-refractivity contribution >= 4 is 45.3 Å². The largest absolute Gasteiger partial charge is 0.481 e. The third-order valence-corrected chi connectivity index (χ3v) is 4.76. The monoisotopic (exact) mass is 464 g/mol. The Morgan fingerprint density at radius 2 is 1.80 bits per heavy atom. The van der Waals surface area contributed by atoms with E-state index in [4.69, 9.17) is 20.9 Å². The van der Waals surface area contributed by atoms with Gasteiger partial charge in [0, 0.05) is 36.6 Å². The van der Waals surface area contributed by atoms with Crippen LogP contribution in [-0.2, 0) is 23.9 Å². The van der Waals surface area contributed by atoms with Gasteiger partial charge in [-0.1, -0.05) is 0 Å². The average molecular weight is 465 g/mol. The van der Waals surface area contributed by atoms with Crippen molar-refractivity contribution in [2.24, 2.45) is 0 Å². The molecular formula is C18H25ClN2O8S. The number of carboxylic acids is 2. The fourth-order valence-corrected chi connectivity index (χ4v) is 3.13. The molecule has 0 bridgehead atoms. The third-order valence-electron chi connectivity index (χ3n) is 3.99. The Hall–Kier alpha value is -2.37. The molecule has 3 N–H and O–H groups in total. The summed E-state index contributed by atoms with van der Waals surface area (Å²) in [7, 11) is -3.56. The van der Waals surface area contributed by atoms with Gasteiger partial charge in [-0.25, -0.2) is 4.79 Å². The van der Waals surface area contributed by atoms with E-state index in [0.29, 0.717) is 12.2 Å². The number of nitrogens with one attached hydrogen (secondary N) is 1. The summed E-state index contributed by atoms with van der Waals surface area (Å²) in [6.45, 7) is 0.621. The summed E-state index contributed by atoms with van der Waals surface area (Å²) in [5, 5.41) is 20.2. The van der Waals surface area contributed by atoms with Gasteiger partial charge in [0.1, 0.15) is 6.04 Å². The van der Waals surface area contributed by atoms with Crippen molar-refractivity contribution in [3.8, 4) is 0 Å². The Morgan fingerprint density at radius 3 is 2.30 bits per heavy atom. The van der Waals surface area contributed by atoms with E-state index in [1.165, 1.54) is 12.1 Å². The molecule has 1 aromatic carbocycles. The summed E-state index contributed by atoms with van der Waals surface area (Å²) < 4.78 is 26.9. The Balaban J connectivity index is 2.75. The van der Waals surface area contributed by atoms with Crippen LogP contribution in [0.25, 0.3) is 0 Å². The minimum absolute atomic E-state index is 0.00467. The molecule has 0 radical (unpaired) electrons. The average Bonchev–Trinajstić information content (AvgIpc) is 2.65. The van der Waals surface area contributed by atoms with Crippen LogP contribution in [0.5, 0.6) is 0 Å². The second-order valence-corrected chi connectivity index (χ2v) is 8.42. The molecule has 0 fully saturated rings. The summed E-state index contributed by atoms with van der Waals surface area (Å²) in [5.74, 6) is -2.60. The molecule has 0 saturated heterocycles. The van der Waals surface area contributed by atoms with Gasteiger partial charge >= 0.3 is 11.9 Å². The predicted molar refractivity (Wildman–Crippen MR) is 111 cm³/mol. The standard InChI is InChI=1S/C18H25ClN2O8S/c1-30(27,28)29-12-11-21(10-9-19)14-7-5-13(6-8-14)17(24)20-15(18(25)26)3-2-4-16(22)23/h5-8,15H,2-4,9-12H2,1H3,(H,20,24)(H,22,23)(H,25,26)/t15-/m0/s1. The Bertz CT molecular complexity index is 829. The SMILES string of the molecule is CS(=O)(=O)OCCN(CCCl)c1ccc(C(=O)N[C@@H](CCCC(=O)O)C(=O)O)cc1. The van der Waals surface area contributed by atoms with Crippen molar-refractivity contribution in [2.75, 3.05) is 36.7 Å². The smallest absolute Gasteiger partial charge is 0.326 e. The van der Waals surface area contributed by atoms with E-state index >= 15 is 0 Å². The second-order valence-electron chi connectivity index (χ2n) is 6.40. The lowest BCUT2D eigenvalue weighted by Crippen LogP contribution is -2.40. The number of nitrogens with zero attached hydrogens (tertiary/aromatic N) is 1. The number of anilines is 1. The number of hydrogen-bond acceptors (Lipinski definition) is 7. The fourth-order valence-electron chi connectivity index (χ4n) is 2.55. The first kappa shape index (κ1) is 25.7. The van der Waals surface area contributed by atoms with E-state index in [1.807, 2.05) is 0 Å². The van der Waals surface area contributed by atoms with Crippen LogP contribution in [0.4, 0.5) is 5.69 Å². The van der Waals surface area contributed by atoms with Crippen LogP contribution >= 0.6 is 11.6 Å². The fraction of sp³-hybridized carbons (Fsp3) is 0.500. The minimum Gasteiger partial charge on any atom is -0.481 e. The van der Waals surface area contributed by atoms with Crippen molar-refractivity contribution in [3.05, 3.63) is 29.8 Å². The van der Waals surface area contributed by atoms with Crippen LogP contribution in [0.1, 0.15) is 29.6 Å². The lowest BCUT2D eigenvalue weighted by molar-refractivity contribution is -0.140. The molecule has 0 spiro atoms. The molecule has 30 heavy (non-hydrogen) atoms.